The topological polar surface area (TPSA) is 432 Å². The minimum atomic E-state index is -1.38. The average Bonchev–Trinajstić information content (AvgIpc) is 3.18. The maximum atomic E-state index is 10.9. The van der Waals surface area contributed by atoms with E-state index in [-0.39, 0.29) is 52.2 Å². The summed E-state index contributed by atoms with van der Waals surface area (Å²) in [5.74, 6) is 0. The van der Waals surface area contributed by atoms with Crippen LogP contribution in [0.25, 0.3) is 0 Å². The molecule has 4 fully saturated rings. The van der Waals surface area contributed by atoms with Crippen LogP contribution in [0.1, 0.15) is 19.3 Å². The SMILES string of the molecule is CN(CCCN(C)C[C@@H](O)COC1C(O)C(N)CC(N)C1OC1OC(CN)C(O)C(O)C1N)C[C@@H](O)COC1C(O)C(N)CC(N)C1OC1OC(CN)C(O)C(O)C1N. The van der Waals surface area contributed by atoms with Gasteiger partial charge in [-0.2, -0.15) is 0 Å². The molecule has 0 aromatic carbocycles. The van der Waals surface area contributed by atoms with Crippen molar-refractivity contribution in [3.05, 3.63) is 0 Å². The van der Waals surface area contributed by atoms with E-state index in [1.54, 1.807) is 0 Å². The summed E-state index contributed by atoms with van der Waals surface area (Å²) in [6.07, 6.45) is -17.2. The van der Waals surface area contributed by atoms with Gasteiger partial charge in [-0.25, -0.2) is 0 Å². The molecule has 2 saturated heterocycles. The molecule has 0 amide bonds. The van der Waals surface area contributed by atoms with E-state index in [2.05, 4.69) is 0 Å². The second kappa shape index (κ2) is 23.1. The molecule has 20 unspecified atom stereocenters. The Labute approximate surface area is 344 Å². The Kier molecular flexibility index (Phi) is 19.9. The van der Waals surface area contributed by atoms with Gasteiger partial charge in [0.15, 0.2) is 12.6 Å². The molecule has 0 bridgehead atoms. The van der Waals surface area contributed by atoms with Crippen LogP contribution in [-0.2, 0) is 28.4 Å². The summed E-state index contributed by atoms with van der Waals surface area (Å²) in [5.41, 5.74) is 48.5. The summed E-state index contributed by atoms with van der Waals surface area (Å²) >= 11 is 0. The van der Waals surface area contributed by atoms with E-state index in [1.165, 1.54) is 0 Å². The first-order valence-electron chi connectivity index (χ1n) is 20.4. The lowest BCUT2D eigenvalue weighted by Crippen LogP contribution is -2.68. The Bertz CT molecular complexity index is 1140. The summed E-state index contributed by atoms with van der Waals surface area (Å²) in [6, 6.07) is -5.18. The van der Waals surface area contributed by atoms with Crippen molar-refractivity contribution in [3.8, 4) is 0 Å². The number of aliphatic hydroxyl groups excluding tert-OH is 8. The maximum Gasteiger partial charge on any atom is 0.176 e. The number of nitrogens with zero attached hydrogens (tertiary/aromatic N) is 2. The zero-order valence-electron chi connectivity index (χ0n) is 34.0. The molecule has 2 saturated carbocycles. The van der Waals surface area contributed by atoms with Crippen LogP contribution in [0.5, 0.6) is 0 Å². The van der Waals surface area contributed by atoms with Gasteiger partial charge >= 0.3 is 0 Å². The average molecular weight is 859 g/mol. The van der Waals surface area contributed by atoms with E-state index in [0.717, 1.165) is 0 Å². The predicted molar refractivity (Wildman–Crippen MR) is 209 cm³/mol. The molecule has 2 aliphatic heterocycles. The highest BCUT2D eigenvalue weighted by Gasteiger charge is 2.50. The first kappa shape index (κ1) is 50.7. The normalized spacial score (nSPS) is 44.5. The molecule has 2 heterocycles. The minimum Gasteiger partial charge on any atom is -0.389 e. The lowest BCUT2D eigenvalue weighted by Gasteiger charge is -2.47. The van der Waals surface area contributed by atoms with Crippen LogP contribution in [0, 0.1) is 0 Å². The zero-order valence-corrected chi connectivity index (χ0v) is 34.0. The third-order valence-corrected chi connectivity index (χ3v) is 11.8. The third-order valence-electron chi connectivity index (χ3n) is 11.8. The molecule has 4 aliphatic rings. The van der Waals surface area contributed by atoms with Crippen LogP contribution in [0.4, 0.5) is 0 Å². The lowest BCUT2D eigenvalue weighted by molar-refractivity contribution is -0.292. The highest BCUT2D eigenvalue weighted by molar-refractivity contribution is 5.02. The van der Waals surface area contributed by atoms with Crippen molar-refractivity contribution < 1.29 is 69.3 Å². The fraction of sp³-hybridized carbons (Fsp3) is 1.00. The van der Waals surface area contributed by atoms with Gasteiger partial charge in [0.25, 0.3) is 0 Å². The third kappa shape index (κ3) is 13.1. The molecule has 22 atom stereocenters. The van der Waals surface area contributed by atoms with Crippen LogP contribution >= 0.6 is 0 Å². The predicted octanol–water partition coefficient (Wildman–Crippen LogP) is -10.2. The minimum absolute atomic E-state index is 0.108. The monoisotopic (exact) mass is 859 g/mol. The van der Waals surface area contributed by atoms with Gasteiger partial charge in [0.05, 0.1) is 49.7 Å². The number of hydrogen-bond acceptors (Lipinski definition) is 24. The molecule has 0 aromatic rings. The summed E-state index contributed by atoms with van der Waals surface area (Å²) in [5, 5.41) is 84.9. The van der Waals surface area contributed by atoms with Crippen LogP contribution < -0.4 is 45.9 Å². The first-order chi connectivity index (χ1) is 27.8. The Morgan fingerprint density at radius 1 is 0.542 bits per heavy atom. The van der Waals surface area contributed by atoms with Gasteiger partial charge in [-0.05, 0) is 46.4 Å². The van der Waals surface area contributed by atoms with Crippen LogP contribution in [0.3, 0.4) is 0 Å². The Balaban J connectivity index is 1.20. The lowest BCUT2D eigenvalue weighted by atomic mass is 9.84. The van der Waals surface area contributed by atoms with Crippen molar-refractivity contribution in [3.63, 3.8) is 0 Å². The van der Waals surface area contributed by atoms with Gasteiger partial charge in [-0.15, -0.1) is 0 Å². The zero-order chi connectivity index (χ0) is 43.9. The molecule has 59 heavy (non-hydrogen) atoms. The van der Waals surface area contributed by atoms with E-state index in [4.69, 9.17) is 74.3 Å². The number of likely N-dealkylation sites (N-methyl/N-ethyl adjacent to an activating group) is 2. The van der Waals surface area contributed by atoms with E-state index in [0.29, 0.717) is 19.5 Å². The van der Waals surface area contributed by atoms with Crippen molar-refractivity contribution in [2.45, 2.75) is 154 Å². The molecule has 4 rings (SSSR count). The largest absolute Gasteiger partial charge is 0.389 e. The highest BCUT2D eigenvalue weighted by atomic mass is 16.7. The van der Waals surface area contributed by atoms with Crippen LogP contribution in [0.15, 0.2) is 0 Å². The number of aliphatic hydroxyl groups is 8. The van der Waals surface area contributed by atoms with E-state index < -0.39 is 134 Å². The van der Waals surface area contributed by atoms with E-state index >= 15 is 0 Å². The van der Waals surface area contributed by atoms with Gasteiger partial charge in [-0.1, -0.05) is 0 Å². The molecule has 24 heteroatoms. The van der Waals surface area contributed by atoms with Crippen molar-refractivity contribution in [2.75, 3.05) is 66.6 Å². The highest BCUT2D eigenvalue weighted by Crippen LogP contribution is 2.30. The molecule has 24 N–H and O–H groups in total. The summed E-state index contributed by atoms with van der Waals surface area (Å²) in [6.45, 7) is 0.961. The van der Waals surface area contributed by atoms with Gasteiger partial charge < -0.3 is 125 Å². The molecule has 348 valence electrons. The van der Waals surface area contributed by atoms with Gasteiger partial charge in [-0.3, -0.25) is 0 Å². The number of hydrogen-bond donors (Lipinski definition) is 16. The standard InChI is InChI=1S/C35H74N10O14/c1-44(10-14(46)12-54-32-24(48)16(38)6-18(40)30(32)58-34-22(42)28(52)26(50)20(8-36)56-34)4-3-5-45(2)11-15(47)13-55-33-25(49)17(39)7-19(41)31(33)59-35-23(43)29(53)27(51)21(9-37)57-35/h14-35,46-53H,3-13,36-43H2,1-2H3/t14-,15-,16?,17?,18?,19?,20?,21?,22?,23?,24?,25?,26?,27?,28?,29?,30?,31?,32?,33?,34?,35?/m1/s1. The second-order valence-electron chi connectivity index (χ2n) is 16.8. The molecular formula is C35H74N10O14. The quantitative estimate of drug-likeness (QED) is 0.0540. The van der Waals surface area contributed by atoms with Crippen LogP contribution in [0.2, 0.25) is 0 Å². The van der Waals surface area contributed by atoms with E-state index in [1.807, 2.05) is 23.9 Å². The molecule has 0 aromatic heterocycles. The van der Waals surface area contributed by atoms with Crippen LogP contribution in [-0.4, -0.2) is 252 Å². The Morgan fingerprint density at radius 2 is 0.898 bits per heavy atom. The van der Waals surface area contributed by atoms with E-state index in [9.17, 15) is 40.9 Å². The molecule has 24 nitrogen and oxygen atoms in total. The maximum absolute atomic E-state index is 10.9. The van der Waals surface area contributed by atoms with Gasteiger partial charge in [0.1, 0.15) is 61.0 Å². The van der Waals surface area contributed by atoms with Gasteiger partial charge in [0, 0.05) is 50.3 Å². The molecule has 0 spiro atoms. The fourth-order valence-corrected chi connectivity index (χ4v) is 8.19. The fourth-order valence-electron chi connectivity index (χ4n) is 8.19. The van der Waals surface area contributed by atoms with Crippen molar-refractivity contribution in [1.29, 1.82) is 0 Å². The van der Waals surface area contributed by atoms with Crippen molar-refractivity contribution >= 4 is 0 Å². The second-order valence-corrected chi connectivity index (χ2v) is 16.8. The summed E-state index contributed by atoms with van der Waals surface area (Å²) < 4.78 is 35.4. The molecular weight excluding hydrogens is 784 g/mol. The first-order valence-corrected chi connectivity index (χ1v) is 20.4. The van der Waals surface area contributed by atoms with Crippen molar-refractivity contribution in [1.82, 2.24) is 9.80 Å². The Hall–Kier alpha value is -0.960. The number of ether oxygens (including phenoxy) is 6. The number of rotatable bonds is 20. The smallest absolute Gasteiger partial charge is 0.176 e. The number of nitrogens with two attached hydrogens (primary N) is 8. The summed E-state index contributed by atoms with van der Waals surface area (Å²) in [4.78, 5) is 3.79. The molecule has 2 aliphatic carbocycles. The van der Waals surface area contributed by atoms with Crippen molar-refractivity contribution in [2.24, 2.45) is 45.9 Å². The summed E-state index contributed by atoms with van der Waals surface area (Å²) in [7, 11) is 3.64. The Morgan fingerprint density at radius 3 is 1.24 bits per heavy atom. The molecule has 0 radical (unpaired) electrons. The van der Waals surface area contributed by atoms with Gasteiger partial charge in [0.2, 0.25) is 0 Å².